The highest BCUT2D eigenvalue weighted by Crippen LogP contribution is 2.37. The van der Waals surface area contributed by atoms with Gasteiger partial charge in [0, 0.05) is 18.3 Å². The summed E-state index contributed by atoms with van der Waals surface area (Å²) in [5.74, 6) is -1.16. The topological polar surface area (TPSA) is 103 Å². The van der Waals surface area contributed by atoms with E-state index in [2.05, 4.69) is 10.1 Å². The van der Waals surface area contributed by atoms with Crippen molar-refractivity contribution in [2.24, 2.45) is 5.73 Å². The second-order valence-corrected chi connectivity index (χ2v) is 6.20. The number of nitrogen functional groups attached to an aromatic ring is 1. The van der Waals surface area contributed by atoms with Crippen LogP contribution in [0.2, 0.25) is 0 Å². The van der Waals surface area contributed by atoms with E-state index in [0.29, 0.717) is 18.8 Å². The number of fused-ring (bicyclic) bond motifs is 1. The molecule has 0 spiro atoms. The number of primary amides is 1. The lowest BCUT2D eigenvalue weighted by Gasteiger charge is -2.26. The van der Waals surface area contributed by atoms with E-state index in [0.717, 1.165) is 18.6 Å². The molecule has 0 saturated carbocycles. The van der Waals surface area contributed by atoms with Crippen LogP contribution in [0.5, 0.6) is 0 Å². The molecule has 7 nitrogen and oxygen atoms in total. The number of hydrogen-bond donors (Lipinski definition) is 2. The van der Waals surface area contributed by atoms with Crippen LogP contribution in [0.4, 0.5) is 20.4 Å². The van der Waals surface area contributed by atoms with Crippen molar-refractivity contribution in [2.45, 2.75) is 18.9 Å². The number of nitrogens with two attached hydrogens (primary N) is 2. The van der Waals surface area contributed by atoms with Crippen LogP contribution in [0.25, 0.3) is 5.65 Å². The molecule has 9 heteroatoms. The van der Waals surface area contributed by atoms with Crippen LogP contribution >= 0.6 is 0 Å². The Morgan fingerprint density at radius 2 is 2.08 bits per heavy atom. The first kappa shape index (κ1) is 16.2. The van der Waals surface area contributed by atoms with E-state index in [1.807, 2.05) is 4.90 Å². The predicted molar refractivity (Wildman–Crippen MR) is 91.6 cm³/mol. The number of carbonyl (C=O) groups is 1. The average molecular weight is 358 g/mol. The van der Waals surface area contributed by atoms with Crippen molar-refractivity contribution in [3.63, 3.8) is 0 Å². The van der Waals surface area contributed by atoms with Gasteiger partial charge in [0.15, 0.2) is 11.5 Å². The molecule has 3 heterocycles. The van der Waals surface area contributed by atoms with E-state index in [-0.39, 0.29) is 28.6 Å². The first-order valence-corrected chi connectivity index (χ1v) is 8.12. The van der Waals surface area contributed by atoms with Crippen molar-refractivity contribution in [2.75, 3.05) is 17.2 Å². The minimum absolute atomic E-state index is 0.00343. The lowest BCUT2D eigenvalue weighted by molar-refractivity contribution is 0.100. The molecule has 3 aromatic rings. The smallest absolute Gasteiger partial charge is 0.256 e. The monoisotopic (exact) mass is 358 g/mol. The molecule has 1 fully saturated rings. The van der Waals surface area contributed by atoms with Crippen molar-refractivity contribution >= 4 is 23.2 Å². The van der Waals surface area contributed by atoms with Gasteiger partial charge in [0.2, 0.25) is 0 Å². The molecule has 1 atom stereocenters. The molecular weight excluding hydrogens is 342 g/mol. The Balaban J connectivity index is 1.80. The number of amides is 1. The van der Waals surface area contributed by atoms with Gasteiger partial charge in [0.25, 0.3) is 5.91 Å². The van der Waals surface area contributed by atoms with Crippen LogP contribution in [0.1, 0.15) is 34.8 Å². The van der Waals surface area contributed by atoms with Gasteiger partial charge >= 0.3 is 0 Å². The van der Waals surface area contributed by atoms with E-state index < -0.39 is 17.5 Å². The first-order chi connectivity index (χ1) is 12.5. The van der Waals surface area contributed by atoms with Crippen LogP contribution in [0.15, 0.2) is 30.5 Å². The molecular formula is C17H16F2N6O. The van der Waals surface area contributed by atoms with Crippen molar-refractivity contribution in [3.8, 4) is 0 Å². The summed E-state index contributed by atoms with van der Waals surface area (Å²) < 4.78 is 29.2. The lowest BCUT2D eigenvalue weighted by atomic mass is 10.0. The minimum atomic E-state index is -0.726. The second kappa shape index (κ2) is 5.94. The molecule has 2 aromatic heterocycles. The zero-order chi connectivity index (χ0) is 18.4. The highest BCUT2D eigenvalue weighted by molar-refractivity contribution is 6.03. The highest BCUT2D eigenvalue weighted by atomic mass is 19.1. The number of rotatable bonds is 3. The third-order valence-corrected chi connectivity index (χ3v) is 4.61. The molecule has 1 amide bonds. The normalized spacial score (nSPS) is 17.2. The Kier molecular flexibility index (Phi) is 3.71. The van der Waals surface area contributed by atoms with Gasteiger partial charge in [-0.15, -0.1) is 5.10 Å². The molecule has 1 aliphatic heterocycles. The summed E-state index contributed by atoms with van der Waals surface area (Å²) >= 11 is 0. The van der Waals surface area contributed by atoms with Gasteiger partial charge in [-0.3, -0.25) is 4.79 Å². The van der Waals surface area contributed by atoms with Gasteiger partial charge < -0.3 is 16.4 Å². The molecule has 134 valence electrons. The Hall–Kier alpha value is -3.23. The van der Waals surface area contributed by atoms with E-state index in [1.165, 1.54) is 10.6 Å². The number of anilines is 2. The highest BCUT2D eigenvalue weighted by Gasteiger charge is 2.30. The number of benzene rings is 1. The Labute approximate surface area is 147 Å². The third kappa shape index (κ3) is 2.52. The zero-order valence-electron chi connectivity index (χ0n) is 13.7. The fourth-order valence-electron chi connectivity index (χ4n) is 3.47. The zero-order valence-corrected chi connectivity index (χ0v) is 13.7. The molecule has 1 aromatic carbocycles. The predicted octanol–water partition coefficient (Wildman–Crippen LogP) is 2.03. The number of hydrogen-bond acceptors (Lipinski definition) is 5. The SMILES string of the molecule is NC(=O)c1c(N)nn2ccc(N3CCC[C@@H]3c3cc(F)ccc3F)nc12. The lowest BCUT2D eigenvalue weighted by Crippen LogP contribution is -2.25. The standard InChI is InChI=1S/C17H16F2N6O/c18-9-3-4-11(19)10(8-9)12-2-1-6-24(12)13-5-7-25-17(22-13)14(16(21)26)15(20)23-25/h3-5,7-8,12H,1-2,6H2,(H2,20,23)(H2,21,26)/t12-/m1/s1. The molecule has 1 aliphatic rings. The summed E-state index contributed by atoms with van der Waals surface area (Å²) in [6.45, 7) is 0.624. The van der Waals surface area contributed by atoms with Crippen LogP contribution in [-0.4, -0.2) is 27.0 Å². The summed E-state index contributed by atoms with van der Waals surface area (Å²) in [6.07, 6.45) is 3.08. The molecule has 0 aliphatic carbocycles. The fraction of sp³-hybridized carbons (Fsp3) is 0.235. The number of halogens is 2. The first-order valence-electron chi connectivity index (χ1n) is 8.12. The van der Waals surface area contributed by atoms with Crippen LogP contribution in [0, 0.1) is 11.6 Å². The van der Waals surface area contributed by atoms with Crippen molar-refractivity contribution in [1.29, 1.82) is 0 Å². The molecule has 0 radical (unpaired) electrons. The van der Waals surface area contributed by atoms with Crippen molar-refractivity contribution in [3.05, 3.63) is 53.2 Å². The maximum Gasteiger partial charge on any atom is 0.256 e. The summed E-state index contributed by atoms with van der Waals surface area (Å²) in [7, 11) is 0. The average Bonchev–Trinajstić information content (AvgIpc) is 3.19. The number of carbonyl (C=O) groups excluding carboxylic acids is 1. The van der Waals surface area contributed by atoms with Gasteiger partial charge in [-0.05, 0) is 37.1 Å². The van der Waals surface area contributed by atoms with E-state index in [4.69, 9.17) is 11.5 Å². The summed E-state index contributed by atoms with van der Waals surface area (Å²) in [5, 5.41) is 4.01. The summed E-state index contributed by atoms with van der Waals surface area (Å²) in [6, 6.07) is 4.78. The van der Waals surface area contributed by atoms with Crippen molar-refractivity contribution in [1.82, 2.24) is 14.6 Å². The Morgan fingerprint density at radius 3 is 2.85 bits per heavy atom. The van der Waals surface area contributed by atoms with Crippen LogP contribution in [-0.2, 0) is 0 Å². The van der Waals surface area contributed by atoms with Gasteiger partial charge in [-0.1, -0.05) is 0 Å². The maximum absolute atomic E-state index is 14.2. The molecule has 1 saturated heterocycles. The van der Waals surface area contributed by atoms with Gasteiger partial charge in [-0.2, -0.15) is 0 Å². The Morgan fingerprint density at radius 1 is 1.27 bits per heavy atom. The van der Waals surface area contributed by atoms with Crippen molar-refractivity contribution < 1.29 is 13.6 Å². The summed E-state index contributed by atoms with van der Waals surface area (Å²) in [5.41, 5.74) is 11.7. The Bertz CT molecular complexity index is 1020. The van der Waals surface area contributed by atoms with Gasteiger partial charge in [-0.25, -0.2) is 18.3 Å². The third-order valence-electron chi connectivity index (χ3n) is 4.61. The van der Waals surface area contributed by atoms with Gasteiger partial charge in [0.1, 0.15) is 23.0 Å². The number of aromatic nitrogens is 3. The fourth-order valence-corrected chi connectivity index (χ4v) is 3.47. The molecule has 4 N–H and O–H groups in total. The van der Waals surface area contributed by atoms with Crippen LogP contribution in [0.3, 0.4) is 0 Å². The van der Waals surface area contributed by atoms with E-state index >= 15 is 0 Å². The molecule has 0 unspecified atom stereocenters. The quantitative estimate of drug-likeness (QED) is 0.746. The molecule has 4 rings (SSSR count). The number of nitrogens with zero attached hydrogens (tertiary/aromatic N) is 4. The molecule has 0 bridgehead atoms. The molecule has 26 heavy (non-hydrogen) atoms. The van der Waals surface area contributed by atoms with E-state index in [1.54, 1.807) is 12.3 Å². The van der Waals surface area contributed by atoms with Gasteiger partial charge in [0.05, 0.1) is 6.04 Å². The maximum atomic E-state index is 14.2. The largest absolute Gasteiger partial charge is 0.381 e. The van der Waals surface area contributed by atoms with Crippen LogP contribution < -0.4 is 16.4 Å². The van der Waals surface area contributed by atoms with E-state index in [9.17, 15) is 13.6 Å². The minimum Gasteiger partial charge on any atom is -0.381 e. The second-order valence-electron chi connectivity index (χ2n) is 6.20. The summed E-state index contributed by atoms with van der Waals surface area (Å²) in [4.78, 5) is 18.0.